The fourth-order valence-electron chi connectivity index (χ4n) is 5.03. The van der Waals surface area contributed by atoms with E-state index < -0.39 is 0 Å². The second kappa shape index (κ2) is 7.89. The number of hydrogen-bond acceptors (Lipinski definition) is 2. The fourth-order valence-corrected chi connectivity index (χ4v) is 5.03. The minimum atomic E-state index is 0.663. The zero-order valence-corrected chi connectivity index (χ0v) is 18.3. The molecule has 0 fully saturated rings. The van der Waals surface area contributed by atoms with Gasteiger partial charge < -0.3 is 0 Å². The van der Waals surface area contributed by atoms with Gasteiger partial charge in [0.05, 0.1) is 23.3 Å². The first kappa shape index (κ1) is 19.7. The molecule has 0 saturated carbocycles. The van der Waals surface area contributed by atoms with E-state index in [-0.39, 0.29) is 0 Å². The Balaban J connectivity index is 1.82. The number of nitriles is 2. The third-order valence-electron chi connectivity index (χ3n) is 6.56. The standard InChI is InChI=1S/C32H18N2/c33-19-21-9-1-3-11-23(21)29-17-31-28-16-8-6-14-26(28)30(24-12-4-2-10-22(24)20-34)18-32(31)27-15-7-5-13-25(27)29/h1-18H. The smallest absolute Gasteiger partial charge is 0.0998 e. The Kier molecular flexibility index (Phi) is 4.58. The molecule has 0 aliphatic heterocycles. The molecule has 0 N–H and O–H groups in total. The molecule has 156 valence electrons. The van der Waals surface area contributed by atoms with Crippen molar-refractivity contribution in [1.82, 2.24) is 0 Å². The van der Waals surface area contributed by atoms with E-state index in [2.05, 4.69) is 60.7 Å². The molecule has 34 heavy (non-hydrogen) atoms. The first-order valence-corrected chi connectivity index (χ1v) is 11.2. The first-order chi connectivity index (χ1) is 16.8. The lowest BCUT2D eigenvalue weighted by Crippen LogP contribution is -1.91. The molecule has 0 aliphatic carbocycles. The van der Waals surface area contributed by atoms with Crippen LogP contribution in [0, 0.1) is 22.7 Å². The number of hydrogen-bond donors (Lipinski definition) is 0. The Bertz CT molecular complexity index is 1690. The van der Waals surface area contributed by atoms with Gasteiger partial charge in [-0.15, -0.1) is 0 Å². The maximum absolute atomic E-state index is 9.77. The van der Waals surface area contributed by atoms with E-state index >= 15 is 0 Å². The molecular weight excluding hydrogens is 412 g/mol. The van der Waals surface area contributed by atoms with Crippen LogP contribution >= 0.6 is 0 Å². The topological polar surface area (TPSA) is 47.6 Å². The predicted molar refractivity (Wildman–Crippen MR) is 139 cm³/mol. The van der Waals surface area contributed by atoms with E-state index in [9.17, 15) is 10.5 Å². The lowest BCUT2D eigenvalue weighted by Gasteiger charge is -2.17. The molecular formula is C32H18N2. The highest BCUT2D eigenvalue weighted by Crippen LogP contribution is 2.42. The number of fused-ring (bicyclic) bond motifs is 5. The largest absolute Gasteiger partial charge is 0.192 e. The van der Waals surface area contributed by atoms with Crippen LogP contribution in [0.25, 0.3) is 54.6 Å². The molecule has 0 radical (unpaired) electrons. The summed E-state index contributed by atoms with van der Waals surface area (Å²) in [5, 5.41) is 26.3. The second-order valence-corrected chi connectivity index (χ2v) is 8.35. The molecule has 6 aromatic rings. The molecule has 2 heteroatoms. The molecule has 0 bridgehead atoms. The van der Waals surface area contributed by atoms with Gasteiger partial charge in [0.25, 0.3) is 0 Å². The van der Waals surface area contributed by atoms with Crippen molar-refractivity contribution in [1.29, 1.82) is 10.5 Å². The molecule has 0 aliphatic rings. The van der Waals surface area contributed by atoms with E-state index in [1.165, 1.54) is 0 Å². The van der Waals surface area contributed by atoms with Gasteiger partial charge in [0.2, 0.25) is 0 Å². The normalized spacial score (nSPS) is 10.9. The summed E-state index contributed by atoms with van der Waals surface area (Å²) in [4.78, 5) is 0. The van der Waals surface area contributed by atoms with Gasteiger partial charge in [-0.25, -0.2) is 0 Å². The van der Waals surface area contributed by atoms with Crippen LogP contribution in [0.1, 0.15) is 11.1 Å². The Morgan fingerprint density at radius 2 is 0.706 bits per heavy atom. The molecule has 6 rings (SSSR count). The van der Waals surface area contributed by atoms with Crippen LogP contribution in [-0.4, -0.2) is 0 Å². The lowest BCUT2D eigenvalue weighted by atomic mass is 9.86. The first-order valence-electron chi connectivity index (χ1n) is 11.2. The summed E-state index contributed by atoms with van der Waals surface area (Å²) in [7, 11) is 0. The van der Waals surface area contributed by atoms with Gasteiger partial charge in [0.1, 0.15) is 0 Å². The maximum atomic E-state index is 9.77. The van der Waals surface area contributed by atoms with Crippen molar-refractivity contribution >= 4 is 32.3 Å². The van der Waals surface area contributed by atoms with E-state index in [1.807, 2.05) is 60.7 Å². The van der Waals surface area contributed by atoms with Crippen molar-refractivity contribution in [3.05, 3.63) is 120 Å². The van der Waals surface area contributed by atoms with Crippen molar-refractivity contribution < 1.29 is 0 Å². The quantitative estimate of drug-likeness (QED) is 0.260. The molecule has 0 aromatic heterocycles. The van der Waals surface area contributed by atoms with E-state index in [0.717, 1.165) is 54.6 Å². The van der Waals surface area contributed by atoms with Crippen molar-refractivity contribution in [2.24, 2.45) is 0 Å². The Morgan fingerprint density at radius 3 is 1.12 bits per heavy atom. The molecule has 0 heterocycles. The Morgan fingerprint density at radius 1 is 0.353 bits per heavy atom. The monoisotopic (exact) mass is 430 g/mol. The highest BCUT2D eigenvalue weighted by atomic mass is 14.3. The second-order valence-electron chi connectivity index (χ2n) is 8.35. The van der Waals surface area contributed by atoms with E-state index in [4.69, 9.17) is 0 Å². The fraction of sp³-hybridized carbons (Fsp3) is 0. The van der Waals surface area contributed by atoms with Crippen LogP contribution in [0.4, 0.5) is 0 Å². The van der Waals surface area contributed by atoms with Crippen LogP contribution < -0.4 is 0 Å². The molecule has 0 atom stereocenters. The lowest BCUT2D eigenvalue weighted by molar-refractivity contribution is 1.48. The average Bonchev–Trinajstić information content (AvgIpc) is 2.92. The van der Waals surface area contributed by atoms with Crippen LogP contribution in [0.2, 0.25) is 0 Å². The van der Waals surface area contributed by atoms with Crippen LogP contribution in [0.15, 0.2) is 109 Å². The summed E-state index contributed by atoms with van der Waals surface area (Å²) in [6.45, 7) is 0. The van der Waals surface area contributed by atoms with E-state index in [0.29, 0.717) is 11.1 Å². The third-order valence-corrected chi connectivity index (χ3v) is 6.56. The average molecular weight is 431 g/mol. The number of rotatable bonds is 2. The van der Waals surface area contributed by atoms with Gasteiger partial charge in [-0.3, -0.25) is 0 Å². The zero-order chi connectivity index (χ0) is 23.1. The number of benzene rings is 6. The third kappa shape index (κ3) is 2.95. The summed E-state index contributed by atoms with van der Waals surface area (Å²) in [6.07, 6.45) is 0. The summed E-state index contributed by atoms with van der Waals surface area (Å²) < 4.78 is 0. The van der Waals surface area contributed by atoms with Crippen LogP contribution in [0.5, 0.6) is 0 Å². The summed E-state index contributed by atoms with van der Waals surface area (Å²) >= 11 is 0. The Labute approximate surface area is 197 Å². The summed E-state index contributed by atoms with van der Waals surface area (Å²) in [5.74, 6) is 0. The highest BCUT2D eigenvalue weighted by molar-refractivity contribution is 6.24. The van der Waals surface area contributed by atoms with Gasteiger partial charge in [-0.2, -0.15) is 10.5 Å². The van der Waals surface area contributed by atoms with E-state index in [1.54, 1.807) is 0 Å². The maximum Gasteiger partial charge on any atom is 0.0998 e. The highest BCUT2D eigenvalue weighted by Gasteiger charge is 2.16. The van der Waals surface area contributed by atoms with Crippen molar-refractivity contribution in [2.75, 3.05) is 0 Å². The molecule has 0 unspecified atom stereocenters. The molecule has 2 nitrogen and oxygen atoms in total. The summed E-state index contributed by atoms with van der Waals surface area (Å²) in [6, 6.07) is 41.4. The van der Waals surface area contributed by atoms with Crippen molar-refractivity contribution in [3.63, 3.8) is 0 Å². The van der Waals surface area contributed by atoms with Crippen LogP contribution in [0.3, 0.4) is 0 Å². The minimum absolute atomic E-state index is 0.663. The van der Waals surface area contributed by atoms with Gasteiger partial charge in [-0.05, 0) is 67.7 Å². The van der Waals surface area contributed by atoms with Crippen molar-refractivity contribution in [2.45, 2.75) is 0 Å². The van der Waals surface area contributed by atoms with Gasteiger partial charge >= 0.3 is 0 Å². The van der Waals surface area contributed by atoms with Crippen molar-refractivity contribution in [3.8, 4) is 34.4 Å². The molecule has 0 amide bonds. The SMILES string of the molecule is N#Cc1ccccc1-c1cc2c3ccccc3c(-c3ccccc3C#N)cc2c2ccccc12. The molecule has 0 spiro atoms. The number of nitrogens with zero attached hydrogens (tertiary/aromatic N) is 2. The van der Waals surface area contributed by atoms with Gasteiger partial charge in [-0.1, -0.05) is 84.9 Å². The Hall–Kier alpha value is -4.92. The zero-order valence-electron chi connectivity index (χ0n) is 18.3. The molecule has 0 saturated heterocycles. The molecule has 6 aromatic carbocycles. The van der Waals surface area contributed by atoms with Gasteiger partial charge in [0, 0.05) is 11.1 Å². The summed E-state index contributed by atoms with van der Waals surface area (Å²) in [5.41, 5.74) is 5.30. The predicted octanol–water partition coefficient (Wildman–Crippen LogP) is 8.22. The minimum Gasteiger partial charge on any atom is -0.192 e. The van der Waals surface area contributed by atoms with Gasteiger partial charge in [0.15, 0.2) is 0 Å². The van der Waals surface area contributed by atoms with Crippen LogP contribution in [-0.2, 0) is 0 Å².